The lowest BCUT2D eigenvalue weighted by molar-refractivity contribution is 0.112. The highest BCUT2D eigenvalue weighted by molar-refractivity contribution is 6.37. The van der Waals surface area contributed by atoms with E-state index in [1.54, 1.807) is 30.3 Å². The van der Waals surface area contributed by atoms with E-state index in [1.807, 2.05) is 6.92 Å². The molecule has 6 heteroatoms. The summed E-state index contributed by atoms with van der Waals surface area (Å²) in [5.41, 5.74) is 1.51. The molecule has 0 amide bonds. The summed E-state index contributed by atoms with van der Waals surface area (Å²) in [5, 5.41) is 0.985. The Hall–Kier alpha value is -1.91. The fourth-order valence-electron chi connectivity index (χ4n) is 2.12. The average molecular weight is 369 g/mol. The van der Waals surface area contributed by atoms with Gasteiger partial charge in [-0.1, -0.05) is 23.2 Å². The van der Waals surface area contributed by atoms with Crippen LogP contribution in [0, 0.1) is 6.92 Å². The molecule has 0 fully saturated rings. The number of hydrogen-bond acceptors (Lipinski definition) is 4. The summed E-state index contributed by atoms with van der Waals surface area (Å²) in [5.74, 6) is 1.58. The SMILES string of the molecule is COc1cc(C=O)ccc1OCCCOc1c(Cl)cc(C)cc1Cl. The summed E-state index contributed by atoms with van der Waals surface area (Å²) in [6.07, 6.45) is 1.40. The second-order valence-electron chi connectivity index (χ2n) is 5.14. The number of rotatable bonds is 8. The molecule has 0 radical (unpaired) electrons. The molecular formula is C18H18Cl2O4. The van der Waals surface area contributed by atoms with Crippen LogP contribution in [0.15, 0.2) is 30.3 Å². The molecule has 0 saturated carbocycles. The minimum absolute atomic E-state index is 0.414. The zero-order valence-electron chi connectivity index (χ0n) is 13.5. The molecule has 0 saturated heterocycles. The second-order valence-corrected chi connectivity index (χ2v) is 5.95. The number of benzene rings is 2. The summed E-state index contributed by atoms with van der Waals surface area (Å²) >= 11 is 12.3. The van der Waals surface area contributed by atoms with Crippen LogP contribution in [0.4, 0.5) is 0 Å². The molecule has 0 aromatic heterocycles. The Bertz CT molecular complexity index is 693. The Morgan fingerprint density at radius 3 is 2.29 bits per heavy atom. The van der Waals surface area contributed by atoms with Crippen LogP contribution >= 0.6 is 23.2 Å². The van der Waals surface area contributed by atoms with E-state index in [4.69, 9.17) is 37.4 Å². The maximum atomic E-state index is 10.8. The number of carbonyl (C=O) groups is 1. The Morgan fingerprint density at radius 2 is 1.67 bits per heavy atom. The van der Waals surface area contributed by atoms with E-state index in [1.165, 1.54) is 7.11 Å². The maximum absolute atomic E-state index is 10.8. The number of carbonyl (C=O) groups excluding carboxylic acids is 1. The van der Waals surface area contributed by atoms with Crippen LogP contribution < -0.4 is 14.2 Å². The molecular weight excluding hydrogens is 351 g/mol. The van der Waals surface area contributed by atoms with Gasteiger partial charge in [-0.25, -0.2) is 0 Å². The van der Waals surface area contributed by atoms with Crippen molar-refractivity contribution in [3.8, 4) is 17.2 Å². The molecule has 2 aromatic rings. The van der Waals surface area contributed by atoms with Gasteiger partial charge in [-0.15, -0.1) is 0 Å². The van der Waals surface area contributed by atoms with E-state index in [9.17, 15) is 4.79 Å². The third-order valence-corrected chi connectivity index (χ3v) is 3.82. The van der Waals surface area contributed by atoms with Crippen LogP contribution in [-0.2, 0) is 0 Å². The summed E-state index contributed by atoms with van der Waals surface area (Å²) < 4.78 is 16.5. The molecule has 0 bridgehead atoms. The predicted octanol–water partition coefficient (Wildman–Crippen LogP) is 4.97. The van der Waals surface area contributed by atoms with Crippen molar-refractivity contribution in [3.05, 3.63) is 51.5 Å². The maximum Gasteiger partial charge on any atom is 0.161 e. The fraction of sp³-hybridized carbons (Fsp3) is 0.278. The van der Waals surface area contributed by atoms with Crippen molar-refractivity contribution >= 4 is 29.5 Å². The zero-order valence-corrected chi connectivity index (χ0v) is 15.0. The highest BCUT2D eigenvalue weighted by Gasteiger charge is 2.09. The van der Waals surface area contributed by atoms with Gasteiger partial charge < -0.3 is 14.2 Å². The van der Waals surface area contributed by atoms with Gasteiger partial charge in [-0.05, 0) is 42.8 Å². The van der Waals surface area contributed by atoms with Gasteiger partial charge >= 0.3 is 0 Å². The lowest BCUT2D eigenvalue weighted by Gasteiger charge is -2.13. The number of ether oxygens (including phenoxy) is 3. The summed E-state index contributed by atoms with van der Waals surface area (Å²) in [6, 6.07) is 8.62. The molecule has 0 N–H and O–H groups in total. The number of methoxy groups -OCH3 is 1. The molecule has 0 atom stereocenters. The lowest BCUT2D eigenvalue weighted by atomic mass is 10.2. The Morgan fingerprint density at radius 1 is 1.00 bits per heavy atom. The fourth-order valence-corrected chi connectivity index (χ4v) is 2.82. The molecule has 0 unspecified atom stereocenters. The first-order chi connectivity index (χ1) is 11.5. The quantitative estimate of drug-likeness (QED) is 0.487. The summed E-state index contributed by atoms with van der Waals surface area (Å²) in [6.45, 7) is 2.76. The molecule has 0 aliphatic rings. The topological polar surface area (TPSA) is 44.8 Å². The molecule has 24 heavy (non-hydrogen) atoms. The van der Waals surface area contributed by atoms with Gasteiger partial charge in [0.2, 0.25) is 0 Å². The van der Waals surface area contributed by atoms with Crippen molar-refractivity contribution in [2.75, 3.05) is 20.3 Å². The van der Waals surface area contributed by atoms with Crippen LogP contribution in [0.1, 0.15) is 22.3 Å². The van der Waals surface area contributed by atoms with Gasteiger partial charge in [-0.2, -0.15) is 0 Å². The minimum atomic E-state index is 0.414. The zero-order chi connectivity index (χ0) is 17.5. The number of aldehydes is 1. The Labute approximate surface area is 151 Å². The van der Waals surface area contributed by atoms with Crippen molar-refractivity contribution in [2.24, 2.45) is 0 Å². The van der Waals surface area contributed by atoms with Crippen molar-refractivity contribution < 1.29 is 19.0 Å². The highest BCUT2D eigenvalue weighted by atomic mass is 35.5. The van der Waals surface area contributed by atoms with Crippen molar-refractivity contribution in [1.29, 1.82) is 0 Å². The van der Waals surface area contributed by atoms with E-state index in [2.05, 4.69) is 0 Å². The normalized spacial score (nSPS) is 10.3. The predicted molar refractivity (Wildman–Crippen MR) is 95.2 cm³/mol. The van der Waals surface area contributed by atoms with Gasteiger partial charge in [-0.3, -0.25) is 4.79 Å². The van der Waals surface area contributed by atoms with Crippen LogP contribution in [0.25, 0.3) is 0 Å². The van der Waals surface area contributed by atoms with E-state index in [0.29, 0.717) is 52.5 Å². The first-order valence-electron chi connectivity index (χ1n) is 7.39. The molecule has 0 aliphatic heterocycles. The van der Waals surface area contributed by atoms with E-state index in [-0.39, 0.29) is 0 Å². The molecule has 0 spiro atoms. The Kier molecular flexibility index (Phi) is 6.76. The van der Waals surface area contributed by atoms with Crippen LogP contribution in [0.3, 0.4) is 0 Å². The lowest BCUT2D eigenvalue weighted by Crippen LogP contribution is -2.06. The first kappa shape index (κ1) is 18.4. The van der Waals surface area contributed by atoms with Gasteiger partial charge in [0, 0.05) is 12.0 Å². The van der Waals surface area contributed by atoms with Crippen molar-refractivity contribution in [2.45, 2.75) is 13.3 Å². The monoisotopic (exact) mass is 368 g/mol. The van der Waals surface area contributed by atoms with E-state index >= 15 is 0 Å². The van der Waals surface area contributed by atoms with Crippen LogP contribution in [-0.4, -0.2) is 26.6 Å². The number of halogens is 2. The smallest absolute Gasteiger partial charge is 0.161 e. The van der Waals surface area contributed by atoms with Crippen molar-refractivity contribution in [3.63, 3.8) is 0 Å². The molecule has 0 heterocycles. The number of hydrogen-bond donors (Lipinski definition) is 0. The van der Waals surface area contributed by atoms with Crippen LogP contribution in [0.2, 0.25) is 10.0 Å². The summed E-state index contributed by atoms with van der Waals surface area (Å²) in [7, 11) is 1.53. The molecule has 128 valence electrons. The molecule has 2 aromatic carbocycles. The standard InChI is InChI=1S/C18H18Cl2O4/c1-12-8-14(19)18(15(20)9-12)24-7-3-6-23-16-5-4-13(11-21)10-17(16)22-2/h4-5,8-11H,3,6-7H2,1-2H3. The van der Waals surface area contributed by atoms with E-state index < -0.39 is 0 Å². The Balaban J connectivity index is 1.85. The summed E-state index contributed by atoms with van der Waals surface area (Å²) in [4.78, 5) is 10.8. The average Bonchev–Trinajstić information content (AvgIpc) is 2.56. The van der Waals surface area contributed by atoms with E-state index in [0.717, 1.165) is 11.8 Å². The van der Waals surface area contributed by atoms with Gasteiger partial charge in [0.05, 0.1) is 30.4 Å². The van der Waals surface area contributed by atoms with Gasteiger partial charge in [0.15, 0.2) is 17.2 Å². The van der Waals surface area contributed by atoms with Crippen molar-refractivity contribution in [1.82, 2.24) is 0 Å². The third kappa shape index (κ3) is 4.79. The molecule has 4 nitrogen and oxygen atoms in total. The van der Waals surface area contributed by atoms with Gasteiger partial charge in [0.1, 0.15) is 6.29 Å². The highest BCUT2D eigenvalue weighted by Crippen LogP contribution is 2.34. The van der Waals surface area contributed by atoms with Crippen LogP contribution in [0.5, 0.6) is 17.2 Å². The second kappa shape index (κ2) is 8.81. The first-order valence-corrected chi connectivity index (χ1v) is 8.15. The molecule has 2 rings (SSSR count). The minimum Gasteiger partial charge on any atom is -0.493 e. The number of aryl methyl sites for hydroxylation is 1. The van der Waals surface area contributed by atoms with Gasteiger partial charge in [0.25, 0.3) is 0 Å². The third-order valence-electron chi connectivity index (χ3n) is 3.26. The largest absolute Gasteiger partial charge is 0.493 e. The molecule has 0 aliphatic carbocycles.